The number of aromatic nitrogens is 2. The topological polar surface area (TPSA) is 68.6 Å². The second-order valence-electron chi connectivity index (χ2n) is 9.08. The molecule has 0 aliphatic carbocycles. The molecule has 3 heterocycles. The minimum absolute atomic E-state index is 0.0812. The van der Waals surface area contributed by atoms with Crippen LogP contribution in [0, 0.1) is 0 Å². The van der Waals surface area contributed by atoms with E-state index in [2.05, 4.69) is 17.1 Å². The lowest BCUT2D eigenvalue weighted by Gasteiger charge is -2.23. The molecule has 0 unspecified atom stereocenters. The third kappa shape index (κ3) is 5.09. The lowest BCUT2D eigenvalue weighted by Crippen LogP contribution is -2.34. The lowest BCUT2D eigenvalue weighted by molar-refractivity contribution is -0.121. The molecule has 1 atom stereocenters. The molecule has 1 fully saturated rings. The fraction of sp³-hybridized carbons (Fsp3) is 0.407. The number of rotatable bonds is 9. The van der Waals surface area contributed by atoms with Gasteiger partial charge in [-0.05, 0) is 81.6 Å². The highest BCUT2D eigenvalue weighted by Gasteiger charge is 2.20. The number of para-hydroxylation sites is 1. The van der Waals surface area contributed by atoms with Crippen LogP contribution in [-0.2, 0) is 11.2 Å². The molecule has 7 heteroatoms. The minimum atomic E-state index is 0.0812. The molecule has 3 aromatic rings. The van der Waals surface area contributed by atoms with E-state index in [0.29, 0.717) is 18.9 Å². The monoisotopic (exact) mass is 460 g/mol. The molecule has 178 valence electrons. The Hall–Kier alpha value is -3.32. The molecule has 0 bridgehead atoms. The second kappa shape index (κ2) is 10.3. The van der Waals surface area contributed by atoms with Crippen LogP contribution in [0.4, 0.5) is 0 Å². The predicted octanol–water partition coefficient (Wildman–Crippen LogP) is 4.19. The Morgan fingerprint density at radius 1 is 1.09 bits per heavy atom. The summed E-state index contributed by atoms with van der Waals surface area (Å²) >= 11 is 0. The van der Waals surface area contributed by atoms with E-state index in [4.69, 9.17) is 14.6 Å². The Bertz CT molecular complexity index is 1120. The van der Waals surface area contributed by atoms with E-state index in [0.717, 1.165) is 47.0 Å². The maximum absolute atomic E-state index is 12.6. The van der Waals surface area contributed by atoms with Gasteiger partial charge in [0.05, 0.1) is 11.4 Å². The summed E-state index contributed by atoms with van der Waals surface area (Å²) in [4.78, 5) is 15.1. The van der Waals surface area contributed by atoms with Gasteiger partial charge in [-0.1, -0.05) is 18.2 Å². The largest absolute Gasteiger partial charge is 0.454 e. The van der Waals surface area contributed by atoms with Gasteiger partial charge in [0.25, 0.3) is 0 Å². The number of fused-ring (bicyclic) bond motifs is 1. The first-order valence-electron chi connectivity index (χ1n) is 12.2. The molecular weight excluding hydrogens is 428 g/mol. The standard InChI is InChI=1S/C27H32N4O3/c1-20(30-15-5-6-16-30)13-14-28-26(32)12-10-22-18-31(23-7-3-2-4-8-23)29-27(22)21-9-11-24-25(17-21)34-19-33-24/h2-4,7-9,11,17-18,20H,5-6,10,12-16,19H2,1H3,(H,28,32)/t20-/m0/s1. The summed E-state index contributed by atoms with van der Waals surface area (Å²) in [6.07, 6.45) is 6.64. The van der Waals surface area contributed by atoms with Crippen molar-refractivity contribution >= 4 is 5.91 Å². The van der Waals surface area contributed by atoms with Gasteiger partial charge < -0.3 is 19.7 Å². The number of nitrogens with one attached hydrogen (secondary N) is 1. The molecule has 2 aliphatic heterocycles. The summed E-state index contributed by atoms with van der Waals surface area (Å²) in [5, 5.41) is 7.98. The van der Waals surface area contributed by atoms with Crippen molar-refractivity contribution in [2.24, 2.45) is 0 Å². The second-order valence-corrected chi connectivity index (χ2v) is 9.08. The number of nitrogens with zero attached hydrogens (tertiary/aromatic N) is 3. The van der Waals surface area contributed by atoms with Gasteiger partial charge in [0.15, 0.2) is 11.5 Å². The number of likely N-dealkylation sites (tertiary alicyclic amines) is 1. The van der Waals surface area contributed by atoms with Gasteiger partial charge in [-0.15, -0.1) is 0 Å². The SMILES string of the molecule is C[C@@H](CCNC(=O)CCc1cn(-c2ccccc2)nc1-c1ccc2c(c1)OCO2)N1CCCC1. The fourth-order valence-electron chi connectivity index (χ4n) is 4.71. The Balaban J connectivity index is 1.26. The van der Waals surface area contributed by atoms with E-state index in [9.17, 15) is 4.79 Å². The van der Waals surface area contributed by atoms with Gasteiger partial charge in [0.2, 0.25) is 12.7 Å². The van der Waals surface area contributed by atoms with E-state index in [1.807, 2.05) is 59.4 Å². The third-order valence-electron chi connectivity index (χ3n) is 6.73. The van der Waals surface area contributed by atoms with Crippen LogP contribution in [0.15, 0.2) is 54.7 Å². The van der Waals surface area contributed by atoms with E-state index < -0.39 is 0 Å². The molecular formula is C27H32N4O3. The van der Waals surface area contributed by atoms with Gasteiger partial charge >= 0.3 is 0 Å². The van der Waals surface area contributed by atoms with Crippen LogP contribution in [0.5, 0.6) is 11.5 Å². The zero-order chi connectivity index (χ0) is 23.3. The number of carbonyl (C=O) groups is 1. The lowest BCUT2D eigenvalue weighted by atomic mass is 10.0. The highest BCUT2D eigenvalue weighted by Crippen LogP contribution is 2.36. The van der Waals surface area contributed by atoms with Crippen LogP contribution in [0.3, 0.4) is 0 Å². The van der Waals surface area contributed by atoms with Gasteiger partial charge in [-0.3, -0.25) is 4.79 Å². The number of amides is 1. The Labute approximate surface area is 200 Å². The van der Waals surface area contributed by atoms with Crippen molar-refractivity contribution in [3.05, 3.63) is 60.3 Å². The number of ether oxygens (including phenoxy) is 2. The van der Waals surface area contributed by atoms with Gasteiger partial charge in [0.1, 0.15) is 0 Å². The Morgan fingerprint density at radius 3 is 2.71 bits per heavy atom. The highest BCUT2D eigenvalue weighted by atomic mass is 16.7. The first-order chi connectivity index (χ1) is 16.7. The number of hydrogen-bond donors (Lipinski definition) is 1. The smallest absolute Gasteiger partial charge is 0.231 e. The van der Waals surface area contributed by atoms with Crippen molar-refractivity contribution in [2.45, 2.75) is 45.1 Å². The molecule has 1 amide bonds. The van der Waals surface area contributed by atoms with E-state index in [1.165, 1.54) is 25.9 Å². The van der Waals surface area contributed by atoms with E-state index in [-0.39, 0.29) is 12.7 Å². The maximum atomic E-state index is 12.6. The summed E-state index contributed by atoms with van der Waals surface area (Å²) in [6.45, 7) is 5.58. The number of carbonyl (C=O) groups excluding carboxylic acids is 1. The summed E-state index contributed by atoms with van der Waals surface area (Å²) in [6, 6.07) is 16.4. The molecule has 0 radical (unpaired) electrons. The van der Waals surface area contributed by atoms with Gasteiger partial charge in [-0.25, -0.2) is 4.68 Å². The normalized spacial score (nSPS) is 16.0. The van der Waals surface area contributed by atoms with Gasteiger partial charge in [-0.2, -0.15) is 5.10 Å². The van der Waals surface area contributed by atoms with Crippen molar-refractivity contribution in [3.8, 4) is 28.4 Å². The maximum Gasteiger partial charge on any atom is 0.231 e. The van der Waals surface area contributed by atoms with Crippen molar-refractivity contribution in [2.75, 3.05) is 26.4 Å². The van der Waals surface area contributed by atoms with Crippen LogP contribution >= 0.6 is 0 Å². The average molecular weight is 461 g/mol. The van der Waals surface area contributed by atoms with E-state index >= 15 is 0 Å². The summed E-state index contributed by atoms with van der Waals surface area (Å²) in [5.74, 6) is 1.55. The van der Waals surface area contributed by atoms with Crippen molar-refractivity contribution < 1.29 is 14.3 Å². The van der Waals surface area contributed by atoms with Crippen molar-refractivity contribution in [3.63, 3.8) is 0 Å². The van der Waals surface area contributed by atoms with Crippen molar-refractivity contribution in [1.29, 1.82) is 0 Å². The van der Waals surface area contributed by atoms with E-state index in [1.54, 1.807) is 0 Å². The summed E-state index contributed by atoms with van der Waals surface area (Å²) in [5.41, 5.74) is 3.82. The zero-order valence-electron chi connectivity index (χ0n) is 19.7. The van der Waals surface area contributed by atoms with Crippen molar-refractivity contribution in [1.82, 2.24) is 20.0 Å². The zero-order valence-corrected chi connectivity index (χ0v) is 19.7. The van der Waals surface area contributed by atoms with Crippen LogP contribution in [0.1, 0.15) is 38.2 Å². The molecule has 5 rings (SSSR count). The molecule has 7 nitrogen and oxygen atoms in total. The number of aryl methyl sites for hydroxylation is 1. The Kier molecular flexibility index (Phi) is 6.81. The summed E-state index contributed by atoms with van der Waals surface area (Å²) in [7, 11) is 0. The number of hydrogen-bond acceptors (Lipinski definition) is 5. The highest BCUT2D eigenvalue weighted by molar-refractivity contribution is 5.77. The molecule has 0 saturated carbocycles. The Morgan fingerprint density at radius 2 is 1.88 bits per heavy atom. The predicted molar refractivity (Wildman–Crippen MR) is 131 cm³/mol. The summed E-state index contributed by atoms with van der Waals surface area (Å²) < 4.78 is 12.9. The first kappa shape index (κ1) is 22.5. The molecule has 2 aliphatic rings. The third-order valence-corrected chi connectivity index (χ3v) is 6.73. The molecule has 1 aromatic heterocycles. The quantitative estimate of drug-likeness (QED) is 0.519. The van der Waals surface area contributed by atoms with Gasteiger partial charge in [0, 0.05) is 30.8 Å². The minimum Gasteiger partial charge on any atom is -0.454 e. The van der Waals surface area contributed by atoms with Crippen LogP contribution in [0.25, 0.3) is 16.9 Å². The van der Waals surface area contributed by atoms with Crippen LogP contribution in [-0.4, -0.2) is 53.1 Å². The molecule has 1 saturated heterocycles. The van der Waals surface area contributed by atoms with Crippen LogP contribution in [0.2, 0.25) is 0 Å². The average Bonchev–Trinajstić information content (AvgIpc) is 3.63. The molecule has 2 aromatic carbocycles. The van der Waals surface area contributed by atoms with Crippen LogP contribution < -0.4 is 14.8 Å². The number of benzene rings is 2. The molecule has 1 N–H and O–H groups in total. The first-order valence-corrected chi connectivity index (χ1v) is 12.2. The molecule has 0 spiro atoms. The fourth-order valence-corrected chi connectivity index (χ4v) is 4.71. The molecule has 34 heavy (non-hydrogen) atoms.